The molecule has 0 unspecified atom stereocenters. The second-order valence-corrected chi connectivity index (χ2v) is 9.26. The van der Waals surface area contributed by atoms with Crippen LogP contribution >= 0.6 is 0 Å². The summed E-state index contributed by atoms with van der Waals surface area (Å²) in [5.74, 6) is 0. The summed E-state index contributed by atoms with van der Waals surface area (Å²) in [6.07, 6.45) is 0. The maximum atomic E-state index is 13.5. The van der Waals surface area contributed by atoms with E-state index in [9.17, 15) is 19.2 Å². The minimum absolute atomic E-state index is 0.221. The molecule has 6 heteroatoms. The van der Waals surface area contributed by atoms with Gasteiger partial charge in [0.05, 0.1) is 21.8 Å². The van der Waals surface area contributed by atoms with Crippen molar-refractivity contribution < 1.29 is 0 Å². The van der Waals surface area contributed by atoms with E-state index in [2.05, 4.69) is 0 Å². The van der Waals surface area contributed by atoms with Gasteiger partial charge in [0.25, 0.3) is 0 Å². The summed E-state index contributed by atoms with van der Waals surface area (Å²) in [5.41, 5.74) is 1.78. The molecule has 1 heterocycles. The molecule has 6 aromatic carbocycles. The van der Waals surface area contributed by atoms with Gasteiger partial charge in [-0.2, -0.15) is 0 Å². The van der Waals surface area contributed by atoms with Gasteiger partial charge in [-0.05, 0) is 37.1 Å². The van der Waals surface area contributed by atoms with Crippen molar-refractivity contribution >= 4 is 65.2 Å². The van der Waals surface area contributed by atoms with Crippen molar-refractivity contribution in [2.75, 3.05) is 0 Å². The van der Waals surface area contributed by atoms with Gasteiger partial charge in [-0.1, -0.05) is 48.5 Å². The number of fused-ring (bicyclic) bond motifs is 8. The number of aromatic nitrogens is 2. The molecule has 0 fully saturated rings. The van der Waals surface area contributed by atoms with Crippen molar-refractivity contribution in [2.24, 2.45) is 0 Å². The van der Waals surface area contributed by atoms with Crippen molar-refractivity contribution in [1.82, 2.24) is 9.97 Å². The Bertz CT molecular complexity index is 2200. The lowest BCUT2D eigenvalue weighted by Gasteiger charge is -2.11. The number of aryl methyl sites for hydroxylation is 2. The minimum atomic E-state index is -0.283. The van der Waals surface area contributed by atoms with Crippen molar-refractivity contribution in [3.63, 3.8) is 0 Å². The van der Waals surface area contributed by atoms with E-state index in [1.807, 2.05) is 0 Å². The third-order valence-electron chi connectivity index (χ3n) is 7.15. The van der Waals surface area contributed by atoms with Gasteiger partial charge >= 0.3 is 0 Å². The highest BCUT2D eigenvalue weighted by molar-refractivity contribution is 6.15. The zero-order valence-electron chi connectivity index (χ0n) is 19.3. The van der Waals surface area contributed by atoms with Crippen molar-refractivity contribution in [1.29, 1.82) is 0 Å². The van der Waals surface area contributed by atoms with E-state index in [0.29, 0.717) is 65.5 Å². The topological polar surface area (TPSA) is 94.1 Å². The Morgan fingerprint density at radius 1 is 0.444 bits per heavy atom. The maximum absolute atomic E-state index is 13.5. The highest BCUT2D eigenvalue weighted by Crippen LogP contribution is 2.30. The van der Waals surface area contributed by atoms with Crippen molar-refractivity contribution in [2.45, 2.75) is 13.8 Å². The monoisotopic (exact) mass is 468 g/mol. The molecule has 0 saturated carbocycles. The molecule has 1 aromatic heterocycles. The average Bonchev–Trinajstić information content (AvgIpc) is 2.89. The molecule has 0 aliphatic carbocycles. The smallest absolute Gasteiger partial charge is 0.196 e. The van der Waals surface area contributed by atoms with Crippen LogP contribution in [0.15, 0.2) is 79.8 Å². The van der Waals surface area contributed by atoms with Crippen LogP contribution in [0, 0.1) is 13.8 Å². The van der Waals surface area contributed by atoms with E-state index < -0.39 is 0 Å². The summed E-state index contributed by atoms with van der Waals surface area (Å²) in [6, 6.07) is 16.8. The van der Waals surface area contributed by atoms with Gasteiger partial charge in [-0.3, -0.25) is 19.2 Å². The SMILES string of the molecule is Cc1cc2c(=O)c3ccccc3c(=O)c2c2nc3c(C)cc4c(=O)c5ccccc5c(=O)c4c3nc12. The Balaban J connectivity index is 1.78. The number of hydrogen-bond acceptors (Lipinski definition) is 6. The first-order valence-corrected chi connectivity index (χ1v) is 11.5. The highest BCUT2D eigenvalue weighted by atomic mass is 16.1. The van der Waals surface area contributed by atoms with Gasteiger partial charge in [0.2, 0.25) is 0 Å². The normalized spacial score (nSPS) is 12.1. The van der Waals surface area contributed by atoms with Crippen LogP contribution in [0.3, 0.4) is 0 Å². The third kappa shape index (κ3) is 2.45. The van der Waals surface area contributed by atoms with Gasteiger partial charge in [0, 0.05) is 32.3 Å². The summed E-state index contributed by atoms with van der Waals surface area (Å²) in [4.78, 5) is 63.3. The van der Waals surface area contributed by atoms with Gasteiger partial charge < -0.3 is 0 Å². The molecule has 0 N–H and O–H groups in total. The Labute approximate surface area is 201 Å². The fourth-order valence-corrected chi connectivity index (χ4v) is 5.44. The Morgan fingerprint density at radius 2 is 0.778 bits per heavy atom. The fraction of sp³-hybridized carbons (Fsp3) is 0.0667. The van der Waals surface area contributed by atoms with Crippen LogP contribution in [0.5, 0.6) is 0 Å². The second kappa shape index (κ2) is 6.86. The van der Waals surface area contributed by atoms with Crippen LogP contribution in [0.4, 0.5) is 0 Å². The van der Waals surface area contributed by atoms with Gasteiger partial charge in [0.15, 0.2) is 21.7 Å². The lowest BCUT2D eigenvalue weighted by Crippen LogP contribution is -2.15. The zero-order chi connectivity index (χ0) is 24.9. The molecule has 6 nitrogen and oxygen atoms in total. The van der Waals surface area contributed by atoms with Gasteiger partial charge in [-0.25, -0.2) is 9.97 Å². The molecule has 0 atom stereocenters. The van der Waals surface area contributed by atoms with Crippen LogP contribution in [-0.2, 0) is 0 Å². The molecule has 0 amide bonds. The van der Waals surface area contributed by atoms with Crippen LogP contribution in [0.25, 0.3) is 65.2 Å². The van der Waals surface area contributed by atoms with Crippen LogP contribution < -0.4 is 21.7 Å². The molecular formula is C30H16N2O4. The molecule has 170 valence electrons. The third-order valence-corrected chi connectivity index (χ3v) is 7.15. The lowest BCUT2D eigenvalue weighted by atomic mass is 9.97. The van der Waals surface area contributed by atoms with E-state index in [0.717, 1.165) is 0 Å². The quantitative estimate of drug-likeness (QED) is 0.243. The zero-order valence-corrected chi connectivity index (χ0v) is 19.3. The first kappa shape index (κ1) is 20.5. The van der Waals surface area contributed by atoms with E-state index in [1.54, 1.807) is 74.5 Å². The largest absolute Gasteiger partial charge is 0.289 e. The highest BCUT2D eigenvalue weighted by Gasteiger charge is 2.20. The van der Waals surface area contributed by atoms with E-state index >= 15 is 0 Å². The Kier molecular flexibility index (Phi) is 3.91. The molecule has 7 rings (SSSR count). The molecule has 0 saturated heterocycles. The summed E-state index contributed by atoms with van der Waals surface area (Å²) in [7, 11) is 0. The molecule has 0 bridgehead atoms. The first-order valence-electron chi connectivity index (χ1n) is 11.5. The fourth-order valence-electron chi connectivity index (χ4n) is 5.44. The molecule has 7 aromatic rings. The van der Waals surface area contributed by atoms with E-state index in [1.165, 1.54) is 0 Å². The Morgan fingerprint density at radius 3 is 1.14 bits per heavy atom. The molecule has 0 radical (unpaired) electrons. The minimum Gasteiger partial charge on any atom is -0.289 e. The first-order chi connectivity index (χ1) is 17.4. The van der Waals surface area contributed by atoms with Crippen molar-refractivity contribution in [3.8, 4) is 0 Å². The summed E-state index contributed by atoms with van der Waals surface area (Å²) in [5, 5.41) is 2.45. The molecule has 0 aliphatic rings. The molecule has 0 aliphatic heterocycles. The van der Waals surface area contributed by atoms with E-state index in [-0.39, 0.29) is 32.5 Å². The standard InChI is InChI=1S/C30H16N2O4/c1-13-11-19-21(29(35)17-9-5-3-7-15(17)27(19)33)25-23(13)31-26-22-20(12-14(2)24(26)32-25)28(34)16-8-4-6-10-18(16)30(22)36/h3-12H,1-2H3. The lowest BCUT2D eigenvalue weighted by molar-refractivity contribution is 1.35. The maximum Gasteiger partial charge on any atom is 0.196 e. The Hall–Kier alpha value is -4.84. The average molecular weight is 468 g/mol. The van der Waals surface area contributed by atoms with Crippen molar-refractivity contribution in [3.05, 3.63) is 113 Å². The molecule has 0 spiro atoms. The van der Waals surface area contributed by atoms with Crippen LogP contribution in [0.2, 0.25) is 0 Å². The predicted molar refractivity (Wildman–Crippen MR) is 144 cm³/mol. The van der Waals surface area contributed by atoms with E-state index in [4.69, 9.17) is 9.97 Å². The number of rotatable bonds is 0. The van der Waals surface area contributed by atoms with Crippen LogP contribution in [-0.4, -0.2) is 9.97 Å². The summed E-state index contributed by atoms with van der Waals surface area (Å²) >= 11 is 0. The molecular weight excluding hydrogens is 452 g/mol. The summed E-state index contributed by atoms with van der Waals surface area (Å²) < 4.78 is 0. The number of hydrogen-bond donors (Lipinski definition) is 0. The number of nitrogens with zero attached hydrogens (tertiary/aromatic N) is 2. The predicted octanol–water partition coefficient (Wildman–Crippen LogP) is 4.33. The number of benzene rings is 6. The second-order valence-electron chi connectivity index (χ2n) is 9.26. The van der Waals surface area contributed by atoms with Gasteiger partial charge in [-0.15, -0.1) is 0 Å². The van der Waals surface area contributed by atoms with Crippen LogP contribution in [0.1, 0.15) is 11.1 Å². The van der Waals surface area contributed by atoms with Gasteiger partial charge in [0.1, 0.15) is 11.0 Å². The summed E-state index contributed by atoms with van der Waals surface area (Å²) in [6.45, 7) is 3.60. The molecule has 36 heavy (non-hydrogen) atoms.